The van der Waals surface area contributed by atoms with Crippen molar-refractivity contribution >= 4 is 29.6 Å². The molecular formula is C21H28Cl2OSi. The molecule has 136 valence electrons. The summed E-state index contributed by atoms with van der Waals surface area (Å²) >= 11 is 11.9. The summed E-state index contributed by atoms with van der Waals surface area (Å²) in [5, 5.41) is 9.83. The van der Waals surface area contributed by atoms with Crippen molar-refractivity contribution in [2.75, 3.05) is 0 Å². The molecule has 0 aliphatic heterocycles. The van der Waals surface area contributed by atoms with Gasteiger partial charge in [0.1, 0.15) is 5.75 Å². The molecule has 25 heavy (non-hydrogen) atoms. The minimum absolute atomic E-state index is 0.317. The van der Waals surface area contributed by atoms with Crippen molar-refractivity contribution in [3.8, 4) is 16.9 Å². The average molecular weight is 395 g/mol. The molecule has 2 aromatic rings. The van der Waals surface area contributed by atoms with Crippen LogP contribution in [0.5, 0.6) is 5.75 Å². The molecule has 0 radical (unpaired) electrons. The number of aromatic hydroxyl groups is 1. The predicted octanol–water partition coefficient (Wildman–Crippen LogP) is 6.81. The molecule has 2 aromatic carbocycles. The maximum absolute atomic E-state index is 9.83. The number of phenolic OH excluding ortho intramolecular Hbond substituents is 1. The maximum atomic E-state index is 9.83. The molecule has 0 amide bonds. The minimum Gasteiger partial charge on any atom is -0.508 e. The van der Waals surface area contributed by atoms with E-state index in [-0.39, 0.29) is 0 Å². The zero-order chi connectivity index (χ0) is 18.1. The molecule has 0 spiro atoms. The van der Waals surface area contributed by atoms with Crippen LogP contribution in [0.1, 0.15) is 50.2 Å². The molecule has 0 aliphatic rings. The molecule has 1 nitrogen and oxygen atoms in total. The van der Waals surface area contributed by atoms with Crippen LogP contribution in [0.25, 0.3) is 11.1 Å². The summed E-state index contributed by atoms with van der Waals surface area (Å²) in [7, 11) is -1.56. The van der Waals surface area contributed by atoms with Crippen molar-refractivity contribution in [1.29, 1.82) is 0 Å². The molecule has 0 fully saturated rings. The first-order valence-electron chi connectivity index (χ1n) is 9.29. The number of unbranched alkanes of at least 4 members (excludes halogenated alkanes) is 3. The lowest BCUT2D eigenvalue weighted by atomic mass is 9.95. The Morgan fingerprint density at radius 3 is 2.32 bits per heavy atom. The van der Waals surface area contributed by atoms with E-state index in [0.29, 0.717) is 5.75 Å². The summed E-state index contributed by atoms with van der Waals surface area (Å²) < 4.78 is 0. The Hall–Kier alpha value is -0.963. The zero-order valence-electron chi connectivity index (χ0n) is 15.0. The highest BCUT2D eigenvalue weighted by Gasteiger charge is 2.09. The maximum Gasteiger partial charge on any atom is 0.237 e. The Morgan fingerprint density at radius 2 is 1.64 bits per heavy atom. The van der Waals surface area contributed by atoms with Gasteiger partial charge in [0.15, 0.2) is 0 Å². The lowest BCUT2D eigenvalue weighted by Crippen LogP contribution is -1.96. The van der Waals surface area contributed by atoms with Gasteiger partial charge in [-0.05, 0) is 66.1 Å². The molecule has 0 aromatic heterocycles. The fourth-order valence-electron chi connectivity index (χ4n) is 3.12. The van der Waals surface area contributed by atoms with Crippen LogP contribution in [0, 0.1) is 0 Å². The summed E-state index contributed by atoms with van der Waals surface area (Å²) in [6, 6.07) is 15.4. The van der Waals surface area contributed by atoms with Gasteiger partial charge in [0, 0.05) is 0 Å². The summed E-state index contributed by atoms with van der Waals surface area (Å²) in [5.74, 6) is 0.317. The molecule has 0 saturated carbocycles. The summed E-state index contributed by atoms with van der Waals surface area (Å²) in [4.78, 5) is 0. The lowest BCUT2D eigenvalue weighted by Gasteiger charge is -2.11. The van der Waals surface area contributed by atoms with Gasteiger partial charge in [0.05, 0.1) is 0 Å². The van der Waals surface area contributed by atoms with Crippen LogP contribution in [0.3, 0.4) is 0 Å². The molecule has 0 unspecified atom stereocenters. The smallest absolute Gasteiger partial charge is 0.237 e. The minimum atomic E-state index is -1.56. The van der Waals surface area contributed by atoms with Crippen molar-refractivity contribution < 1.29 is 5.11 Å². The van der Waals surface area contributed by atoms with E-state index >= 15 is 0 Å². The van der Waals surface area contributed by atoms with Gasteiger partial charge in [-0.2, -0.15) is 22.2 Å². The van der Waals surface area contributed by atoms with E-state index in [1.807, 2.05) is 12.1 Å². The fourth-order valence-corrected chi connectivity index (χ4v) is 4.56. The summed E-state index contributed by atoms with van der Waals surface area (Å²) in [6.45, 7) is 2.24. The fraction of sp³-hybridized carbons (Fsp3) is 0.429. The molecular weight excluding hydrogens is 367 g/mol. The molecule has 0 atom stereocenters. The largest absolute Gasteiger partial charge is 0.508 e. The highest BCUT2D eigenvalue weighted by atomic mass is 35.7. The number of aryl methyl sites for hydroxylation is 2. The molecule has 0 aliphatic carbocycles. The zero-order valence-corrected chi connectivity index (χ0v) is 17.6. The van der Waals surface area contributed by atoms with E-state index in [1.165, 1.54) is 47.9 Å². The van der Waals surface area contributed by atoms with Crippen LogP contribution in [-0.2, 0) is 12.8 Å². The van der Waals surface area contributed by atoms with Gasteiger partial charge in [-0.25, -0.2) is 0 Å². The molecule has 2 rings (SSSR count). The third kappa shape index (κ3) is 7.05. The van der Waals surface area contributed by atoms with Gasteiger partial charge in [0.2, 0.25) is 7.42 Å². The average Bonchev–Trinajstić information content (AvgIpc) is 2.59. The number of hydrogen-bond donors (Lipinski definition) is 1. The predicted molar refractivity (Wildman–Crippen MR) is 113 cm³/mol. The number of rotatable bonds is 10. The molecule has 0 heterocycles. The van der Waals surface area contributed by atoms with E-state index in [4.69, 9.17) is 22.2 Å². The topological polar surface area (TPSA) is 20.2 Å². The first kappa shape index (κ1) is 20.4. The Bertz CT molecular complexity index is 641. The first-order valence-corrected chi connectivity index (χ1v) is 13.6. The van der Waals surface area contributed by atoms with Gasteiger partial charge in [-0.1, -0.05) is 56.5 Å². The van der Waals surface area contributed by atoms with Crippen LogP contribution < -0.4 is 0 Å². The van der Waals surface area contributed by atoms with Crippen molar-refractivity contribution in [3.05, 3.63) is 53.6 Å². The standard InChI is InChI=1S/C21H28Cl2OSi/c1-2-3-4-5-7-17-9-11-18(12-10-17)21-14-13-20(24)16-19(21)8-6-15-25(22)23/h9-14,16,24-25H,2-8,15H2,1H3. The van der Waals surface area contributed by atoms with Crippen LogP contribution in [0.15, 0.2) is 42.5 Å². The second-order valence-electron chi connectivity index (χ2n) is 6.63. The van der Waals surface area contributed by atoms with Gasteiger partial charge in [-0.15, -0.1) is 0 Å². The normalized spacial score (nSPS) is 11.2. The van der Waals surface area contributed by atoms with Gasteiger partial charge >= 0.3 is 0 Å². The monoisotopic (exact) mass is 394 g/mol. The Labute approximate surface area is 163 Å². The Kier molecular flexibility index (Phi) is 8.87. The summed E-state index contributed by atoms with van der Waals surface area (Å²) in [5.41, 5.74) is 4.97. The highest BCUT2D eigenvalue weighted by Crippen LogP contribution is 2.29. The van der Waals surface area contributed by atoms with Gasteiger partial charge in [0.25, 0.3) is 0 Å². The number of halogens is 2. The van der Waals surface area contributed by atoms with Crippen molar-refractivity contribution in [3.63, 3.8) is 0 Å². The molecule has 0 bridgehead atoms. The van der Waals surface area contributed by atoms with Crippen LogP contribution >= 0.6 is 22.2 Å². The highest BCUT2D eigenvalue weighted by molar-refractivity contribution is 7.33. The van der Waals surface area contributed by atoms with E-state index in [2.05, 4.69) is 31.2 Å². The van der Waals surface area contributed by atoms with Crippen molar-refractivity contribution in [2.45, 2.75) is 57.9 Å². The number of phenols is 1. The second kappa shape index (κ2) is 10.9. The van der Waals surface area contributed by atoms with Gasteiger partial charge < -0.3 is 5.11 Å². The van der Waals surface area contributed by atoms with Gasteiger partial charge in [-0.3, -0.25) is 0 Å². The Morgan fingerprint density at radius 1 is 0.880 bits per heavy atom. The quantitative estimate of drug-likeness (QED) is 0.266. The Balaban J connectivity index is 2.06. The lowest BCUT2D eigenvalue weighted by molar-refractivity contribution is 0.474. The van der Waals surface area contributed by atoms with Crippen LogP contribution in [0.2, 0.25) is 6.04 Å². The molecule has 4 heteroatoms. The SMILES string of the molecule is CCCCCCc1ccc(-c2ccc(O)cc2CCC[SiH](Cl)Cl)cc1. The number of hydrogen-bond acceptors (Lipinski definition) is 1. The number of benzene rings is 2. The van der Waals surface area contributed by atoms with Crippen LogP contribution in [-0.4, -0.2) is 12.5 Å². The van der Waals surface area contributed by atoms with E-state index in [9.17, 15) is 5.11 Å². The third-order valence-corrected chi connectivity index (χ3v) is 6.70. The van der Waals surface area contributed by atoms with Crippen LogP contribution in [0.4, 0.5) is 0 Å². The second-order valence-corrected chi connectivity index (χ2v) is 11.8. The van der Waals surface area contributed by atoms with Crippen molar-refractivity contribution in [1.82, 2.24) is 0 Å². The summed E-state index contributed by atoms with van der Waals surface area (Å²) in [6.07, 6.45) is 8.19. The molecule has 1 N–H and O–H groups in total. The third-order valence-electron chi connectivity index (χ3n) is 4.54. The van der Waals surface area contributed by atoms with E-state index in [0.717, 1.165) is 25.3 Å². The van der Waals surface area contributed by atoms with E-state index in [1.54, 1.807) is 6.07 Å². The van der Waals surface area contributed by atoms with Crippen molar-refractivity contribution in [2.24, 2.45) is 0 Å². The van der Waals surface area contributed by atoms with E-state index < -0.39 is 7.42 Å². The molecule has 0 saturated heterocycles. The first-order chi connectivity index (χ1) is 12.1.